The van der Waals surface area contributed by atoms with Crippen LogP contribution in [-0.2, 0) is 0 Å². The Morgan fingerprint density at radius 1 is 0.100 bits per heavy atom. The fourth-order valence-corrected chi connectivity index (χ4v) is 0. The summed E-state index contributed by atoms with van der Waals surface area (Å²) in [4.78, 5) is 128. The summed E-state index contributed by atoms with van der Waals surface area (Å²) in [6, 6.07) is 0. The molecule has 0 aliphatic rings. The van der Waals surface area contributed by atoms with E-state index in [1.54, 1.807) is 0 Å². The number of carboxylic acid groups (broad SMARTS) is 30. The van der Waals surface area contributed by atoms with Crippen LogP contribution in [0.4, 0.5) is 71.9 Å². The second-order valence-electron chi connectivity index (χ2n) is 4.24. The number of carbonyl (C=O) groups is 15. The van der Waals surface area contributed by atoms with Crippen molar-refractivity contribution < 1.29 is 225 Å². The zero-order valence-corrected chi connectivity index (χ0v) is 27.0. The number of hydrogen-bond donors (Lipinski definition) is 30. The van der Waals surface area contributed by atoms with Gasteiger partial charge in [0.2, 0.25) is 0 Å². The zero-order valence-electron chi connectivity index (χ0n) is 27.0. The summed E-state index contributed by atoms with van der Waals surface area (Å²) in [7, 11) is 0. The molecule has 0 heterocycles. The molecule has 0 spiro atoms. The molecule has 70 heavy (non-hydrogen) atoms. The second kappa shape index (κ2) is 158. The van der Waals surface area contributed by atoms with Gasteiger partial charge in [0.1, 0.15) is 0 Å². The van der Waals surface area contributed by atoms with Gasteiger partial charge in [0.05, 0.1) is 0 Å². The van der Waals surface area contributed by atoms with Crippen LogP contribution in [0.2, 0.25) is 0 Å². The second-order valence-corrected chi connectivity index (χ2v) is 4.24. The Morgan fingerprint density at radius 2 is 0.100 bits per heavy atom. The van der Waals surface area contributed by atoms with Crippen LogP contribution in [0.15, 0.2) is 0 Å². The van der Waals surface area contributed by atoms with Crippen LogP contribution in [0.1, 0.15) is 0 Å². The van der Waals surface area contributed by atoms with E-state index in [-0.39, 0.29) is 296 Å². The van der Waals surface area contributed by atoms with Crippen molar-refractivity contribution in [3.8, 4) is 0 Å². The molecule has 45 nitrogen and oxygen atoms in total. The SMILES string of the molecule is O=C(O)O.O=C(O)O.O=C(O)O.O=C(O)O.O=C(O)O.O=C(O)O.O=C(O)O.O=C(O)O.O=C(O)O.O=C(O)O.O=C(O)O.O=C(O)O.O=C(O)O.O=C(O)O.O=C(O)O.[NaH].[NaH].[NaH].[NaH].[NaH].[NaH].[NaH].[NaH].[NaH].[NaH]. The molecule has 380 valence electrons. The molecule has 0 aromatic heterocycles. The average Bonchev–Trinajstić information content (AvgIpc) is 2.78. The first-order valence-electron chi connectivity index (χ1n) is 9.77. The van der Waals surface area contributed by atoms with Gasteiger partial charge in [-0.25, -0.2) is 71.9 Å². The maximum atomic E-state index is 8.56. The molecule has 0 radical (unpaired) electrons. The first kappa shape index (κ1) is 165. The molecule has 0 atom stereocenters. The Hall–Kier alpha value is -0.950. The van der Waals surface area contributed by atoms with E-state index in [0.717, 1.165) is 0 Å². The molecular formula is C15H40Na10O45. The topological polar surface area (TPSA) is 863 Å². The van der Waals surface area contributed by atoms with E-state index in [2.05, 4.69) is 0 Å². The molecule has 30 N–H and O–H groups in total. The monoisotopic (exact) mass is 1170 g/mol. The van der Waals surface area contributed by atoms with Crippen molar-refractivity contribution in [2.75, 3.05) is 0 Å². The summed E-state index contributed by atoms with van der Waals surface area (Å²) in [5, 5.41) is 209. The Bertz CT molecular complexity index is 787. The van der Waals surface area contributed by atoms with Crippen LogP contribution in [0, 0.1) is 0 Å². The Kier molecular flexibility index (Phi) is 371. The van der Waals surface area contributed by atoms with Gasteiger partial charge in [0.15, 0.2) is 0 Å². The molecule has 0 saturated heterocycles. The van der Waals surface area contributed by atoms with Gasteiger partial charge in [0, 0.05) is 0 Å². The van der Waals surface area contributed by atoms with Crippen LogP contribution in [0.5, 0.6) is 0 Å². The normalized spacial score (nSPS) is 5.14. The van der Waals surface area contributed by atoms with Crippen LogP contribution in [0.25, 0.3) is 0 Å². The Morgan fingerprint density at radius 3 is 0.100 bits per heavy atom. The predicted molar refractivity (Wildman–Crippen MR) is 231 cm³/mol. The van der Waals surface area contributed by atoms with Gasteiger partial charge in [-0.2, -0.15) is 0 Å². The third kappa shape index (κ3) is 324000. The molecule has 0 fully saturated rings. The molecule has 0 amide bonds. The summed E-state index contributed by atoms with van der Waals surface area (Å²) in [5.74, 6) is 0. The Balaban J connectivity index is -0.0000000133. The van der Waals surface area contributed by atoms with E-state index >= 15 is 0 Å². The van der Waals surface area contributed by atoms with Crippen molar-refractivity contribution in [3.05, 3.63) is 0 Å². The van der Waals surface area contributed by atoms with E-state index in [0.29, 0.717) is 0 Å². The third-order valence-electron chi connectivity index (χ3n) is 0. The molecule has 0 aliphatic carbocycles. The summed E-state index contributed by atoms with van der Waals surface area (Å²) >= 11 is 0. The van der Waals surface area contributed by atoms with Gasteiger partial charge in [-0.05, 0) is 0 Å². The van der Waals surface area contributed by atoms with Crippen LogP contribution in [0.3, 0.4) is 0 Å². The van der Waals surface area contributed by atoms with Crippen molar-refractivity contribution in [1.29, 1.82) is 0 Å². The minimum absolute atomic E-state index is 0. The number of hydrogen-bond acceptors (Lipinski definition) is 15. The van der Waals surface area contributed by atoms with E-state index < -0.39 is 92.3 Å². The van der Waals surface area contributed by atoms with Gasteiger partial charge < -0.3 is 153 Å². The predicted octanol–water partition coefficient (Wildman–Crippen LogP) is -3.15. The standard InChI is InChI=1S/15CH2O3.10Na.10H/c15*2-1(3)4;;;;;;;;;;;;;;;;;;;;/h15*(H2,2,3,4);;;;;;;;;;;;;;;;;;;;. The summed E-state index contributed by atoms with van der Waals surface area (Å²) in [6.45, 7) is 0. The Labute approximate surface area is 602 Å². The first-order chi connectivity index (χ1) is 26.0. The van der Waals surface area contributed by atoms with Crippen molar-refractivity contribution in [2.45, 2.75) is 0 Å². The number of rotatable bonds is 0. The van der Waals surface area contributed by atoms with Gasteiger partial charge in [0.25, 0.3) is 0 Å². The van der Waals surface area contributed by atoms with E-state index in [9.17, 15) is 0 Å². The van der Waals surface area contributed by atoms with E-state index in [1.165, 1.54) is 0 Å². The molecule has 0 aromatic rings. The molecule has 0 rings (SSSR count). The van der Waals surface area contributed by atoms with Crippen LogP contribution < -0.4 is 0 Å². The average molecular weight is 1170 g/mol. The summed E-state index contributed by atoms with van der Waals surface area (Å²) in [5.41, 5.74) is 0. The molecule has 55 heteroatoms. The molecule has 0 saturated carbocycles. The summed E-state index contributed by atoms with van der Waals surface area (Å²) < 4.78 is 0. The van der Waals surface area contributed by atoms with E-state index in [4.69, 9.17) is 225 Å². The van der Waals surface area contributed by atoms with Crippen LogP contribution in [-0.4, -0.2) is 541 Å². The zero-order chi connectivity index (χ0) is 53.7. The van der Waals surface area contributed by atoms with Crippen LogP contribution >= 0.6 is 0 Å². The van der Waals surface area contributed by atoms with Gasteiger partial charge in [-0.1, -0.05) is 0 Å². The quantitative estimate of drug-likeness (QED) is 0.107. The molecule has 0 aromatic carbocycles. The van der Waals surface area contributed by atoms with Gasteiger partial charge >= 0.3 is 388 Å². The molecular weight excluding hydrogens is 1130 g/mol. The van der Waals surface area contributed by atoms with Crippen molar-refractivity contribution in [1.82, 2.24) is 0 Å². The fraction of sp³-hybridized carbons (Fsp3) is 0. The fourth-order valence-electron chi connectivity index (χ4n) is 0. The maximum absolute atomic E-state index is 8.56. The van der Waals surface area contributed by atoms with Crippen molar-refractivity contribution >= 4 is 388 Å². The van der Waals surface area contributed by atoms with E-state index in [1.807, 2.05) is 0 Å². The first-order valence-corrected chi connectivity index (χ1v) is 9.77. The van der Waals surface area contributed by atoms with Crippen molar-refractivity contribution in [2.24, 2.45) is 0 Å². The molecule has 0 unspecified atom stereocenters. The van der Waals surface area contributed by atoms with Crippen molar-refractivity contribution in [3.63, 3.8) is 0 Å². The minimum atomic E-state index is -1.83. The van der Waals surface area contributed by atoms with Gasteiger partial charge in [-0.15, -0.1) is 0 Å². The molecule has 0 bridgehead atoms. The third-order valence-corrected chi connectivity index (χ3v) is 0. The molecule has 0 aliphatic heterocycles. The summed E-state index contributed by atoms with van der Waals surface area (Å²) in [6.07, 6.45) is -27.5. The van der Waals surface area contributed by atoms with Gasteiger partial charge in [-0.3, -0.25) is 0 Å².